The van der Waals surface area contributed by atoms with Crippen LogP contribution >= 0.6 is 0 Å². The third-order valence-corrected chi connectivity index (χ3v) is 5.91. The Morgan fingerprint density at radius 3 is 2.40 bits per heavy atom. The van der Waals surface area contributed by atoms with E-state index in [1.807, 2.05) is 20.8 Å². The average Bonchev–Trinajstić information content (AvgIpc) is 2.79. The Morgan fingerprint density at radius 2 is 1.83 bits per heavy atom. The zero-order chi connectivity index (χ0) is 26.3. The van der Waals surface area contributed by atoms with Crippen molar-refractivity contribution in [2.24, 2.45) is 5.92 Å². The molecule has 9 heteroatoms. The molecular weight excluding hydrogens is 455 g/mol. The number of benzene rings is 1. The molecule has 0 aliphatic carbocycles. The lowest BCUT2D eigenvalue weighted by Gasteiger charge is -2.31. The van der Waals surface area contributed by atoms with Crippen LogP contribution in [0.15, 0.2) is 30.5 Å². The van der Waals surface area contributed by atoms with E-state index in [0.29, 0.717) is 0 Å². The maximum absolute atomic E-state index is 13.7. The smallest absolute Gasteiger partial charge is 0.328 e. The number of carbonyl (C=O) groups excluding carboxylic acids is 3. The van der Waals surface area contributed by atoms with Gasteiger partial charge in [0.25, 0.3) is 5.91 Å². The summed E-state index contributed by atoms with van der Waals surface area (Å²) >= 11 is 0. The summed E-state index contributed by atoms with van der Waals surface area (Å²) in [6, 6.07) is 5.01. The number of aryl methyl sites for hydroxylation is 1. The fourth-order valence-electron chi connectivity index (χ4n) is 3.97. The molecule has 1 unspecified atom stereocenters. The summed E-state index contributed by atoms with van der Waals surface area (Å²) in [4.78, 5) is 41.2. The summed E-state index contributed by atoms with van der Waals surface area (Å²) in [5, 5.41) is 2.53. The van der Waals surface area contributed by atoms with Crippen molar-refractivity contribution in [2.45, 2.75) is 66.0 Å². The van der Waals surface area contributed by atoms with E-state index in [4.69, 9.17) is 14.2 Å². The fourth-order valence-corrected chi connectivity index (χ4v) is 3.97. The Bertz CT molecular complexity index is 1070. The number of ether oxygens (including phenoxy) is 3. The second-order valence-electron chi connectivity index (χ2n) is 8.53. The van der Waals surface area contributed by atoms with Crippen LogP contribution in [-0.2, 0) is 14.3 Å². The van der Waals surface area contributed by atoms with Gasteiger partial charge in [-0.1, -0.05) is 26.3 Å². The number of nitrogens with zero attached hydrogens (tertiary/aromatic N) is 1. The quantitative estimate of drug-likeness (QED) is 0.496. The highest BCUT2D eigenvalue weighted by atomic mass is 19.1. The number of halogens is 1. The monoisotopic (exact) mass is 488 g/mol. The Balaban J connectivity index is 2.19. The minimum Gasteiger partial charge on any atom is -0.493 e. The minimum absolute atomic E-state index is 0.141. The first-order chi connectivity index (χ1) is 16.5. The molecule has 0 aliphatic rings. The lowest BCUT2D eigenvalue weighted by molar-refractivity contribution is -0.151. The van der Waals surface area contributed by atoms with Gasteiger partial charge in [-0.3, -0.25) is 9.59 Å². The summed E-state index contributed by atoms with van der Waals surface area (Å²) in [7, 11) is 1.36. The normalized spacial score (nSPS) is 14.3. The van der Waals surface area contributed by atoms with Gasteiger partial charge in [-0.15, -0.1) is 0 Å². The summed E-state index contributed by atoms with van der Waals surface area (Å²) in [5.74, 6) is -2.36. The molecule has 8 nitrogen and oxygen atoms in total. The van der Waals surface area contributed by atoms with Crippen LogP contribution in [0.4, 0.5) is 4.39 Å². The standard InChI is InChI=1S/C26H33FN2O6/c1-8-14(2)22(20-10-9-19(27)13-15(20)3)17(5)34-26(32)16(4)29-25(31)23-24(35-18(6)30)21(33-7)11-12-28-23/h9-14,16-17,22H,8H2,1-7H3,(H,29,31)/t14?,16-,17-,22+/m0/s1. The molecule has 0 aliphatic heterocycles. The lowest BCUT2D eigenvalue weighted by atomic mass is 9.80. The number of carbonyl (C=O) groups is 3. The number of aromatic nitrogens is 1. The lowest BCUT2D eigenvalue weighted by Crippen LogP contribution is -2.42. The first-order valence-corrected chi connectivity index (χ1v) is 11.5. The highest BCUT2D eigenvalue weighted by Crippen LogP contribution is 2.34. The van der Waals surface area contributed by atoms with E-state index in [-0.39, 0.29) is 34.8 Å². The predicted molar refractivity (Wildman–Crippen MR) is 128 cm³/mol. The van der Waals surface area contributed by atoms with Crippen molar-refractivity contribution < 1.29 is 33.0 Å². The van der Waals surface area contributed by atoms with Crippen molar-refractivity contribution in [3.05, 3.63) is 53.1 Å². The molecule has 35 heavy (non-hydrogen) atoms. The molecular formula is C26H33FN2O6. The van der Waals surface area contributed by atoms with E-state index in [0.717, 1.165) is 17.5 Å². The van der Waals surface area contributed by atoms with Crippen LogP contribution in [0.1, 0.15) is 68.6 Å². The average molecular weight is 489 g/mol. The topological polar surface area (TPSA) is 104 Å². The second kappa shape index (κ2) is 12.3. The van der Waals surface area contributed by atoms with Gasteiger partial charge in [0, 0.05) is 25.1 Å². The molecule has 2 aromatic rings. The summed E-state index contributed by atoms with van der Waals surface area (Å²) in [6.45, 7) is 10.4. The van der Waals surface area contributed by atoms with Crippen molar-refractivity contribution in [1.29, 1.82) is 0 Å². The Kier molecular flexibility index (Phi) is 9.74. The fraction of sp³-hybridized carbons (Fsp3) is 0.462. The van der Waals surface area contributed by atoms with Crippen molar-refractivity contribution in [2.75, 3.05) is 7.11 Å². The van der Waals surface area contributed by atoms with E-state index in [9.17, 15) is 18.8 Å². The van der Waals surface area contributed by atoms with E-state index in [1.165, 1.54) is 45.4 Å². The van der Waals surface area contributed by atoms with Crippen LogP contribution in [0.2, 0.25) is 0 Å². The molecule has 1 aromatic carbocycles. The van der Waals surface area contributed by atoms with Gasteiger partial charge >= 0.3 is 11.9 Å². The van der Waals surface area contributed by atoms with Gasteiger partial charge in [0.15, 0.2) is 11.4 Å². The Morgan fingerprint density at radius 1 is 1.14 bits per heavy atom. The minimum atomic E-state index is -1.02. The maximum atomic E-state index is 13.7. The number of hydrogen-bond donors (Lipinski definition) is 1. The van der Waals surface area contributed by atoms with Gasteiger partial charge in [-0.2, -0.15) is 0 Å². The molecule has 1 aromatic heterocycles. The number of esters is 2. The largest absolute Gasteiger partial charge is 0.493 e. The third-order valence-electron chi connectivity index (χ3n) is 5.91. The molecule has 4 atom stereocenters. The molecule has 0 saturated carbocycles. The molecule has 1 N–H and O–H groups in total. The molecule has 0 radical (unpaired) electrons. The molecule has 1 heterocycles. The van der Waals surface area contributed by atoms with Crippen LogP contribution in [0.5, 0.6) is 11.5 Å². The predicted octanol–water partition coefficient (Wildman–Crippen LogP) is 4.34. The molecule has 0 bridgehead atoms. The van der Waals surface area contributed by atoms with Gasteiger partial charge in [-0.25, -0.2) is 14.2 Å². The first-order valence-electron chi connectivity index (χ1n) is 11.5. The molecule has 1 amide bonds. The van der Waals surface area contributed by atoms with Gasteiger partial charge in [0.2, 0.25) is 5.75 Å². The zero-order valence-electron chi connectivity index (χ0n) is 21.2. The molecule has 2 rings (SSSR count). The summed E-state index contributed by atoms with van der Waals surface area (Å²) in [6.07, 6.45) is 1.62. The molecule has 0 fully saturated rings. The SMILES string of the molecule is CCC(C)[C@@H](c1ccc(F)cc1C)[C@H](C)OC(=O)[C@H](C)NC(=O)c1nccc(OC)c1OC(C)=O. The van der Waals surface area contributed by atoms with Crippen LogP contribution in [-0.4, -0.2) is 42.1 Å². The molecule has 0 saturated heterocycles. The van der Waals surface area contributed by atoms with Gasteiger partial charge in [0.1, 0.15) is 18.0 Å². The maximum Gasteiger partial charge on any atom is 0.328 e. The highest BCUT2D eigenvalue weighted by molar-refractivity contribution is 5.98. The molecule has 190 valence electrons. The van der Waals surface area contributed by atoms with E-state index >= 15 is 0 Å². The van der Waals surface area contributed by atoms with Crippen molar-refractivity contribution >= 4 is 17.8 Å². The van der Waals surface area contributed by atoms with Crippen LogP contribution in [0.3, 0.4) is 0 Å². The number of rotatable bonds is 10. The Labute approximate surface area is 205 Å². The van der Waals surface area contributed by atoms with Crippen LogP contribution in [0, 0.1) is 18.7 Å². The second-order valence-corrected chi connectivity index (χ2v) is 8.53. The van der Waals surface area contributed by atoms with Crippen LogP contribution in [0.25, 0.3) is 0 Å². The van der Waals surface area contributed by atoms with Crippen molar-refractivity contribution in [3.63, 3.8) is 0 Å². The summed E-state index contributed by atoms with van der Waals surface area (Å²) < 4.78 is 29.6. The van der Waals surface area contributed by atoms with E-state index in [2.05, 4.69) is 10.3 Å². The molecule has 0 spiro atoms. The van der Waals surface area contributed by atoms with Gasteiger partial charge in [0.05, 0.1) is 7.11 Å². The number of methoxy groups -OCH3 is 1. The zero-order valence-corrected chi connectivity index (χ0v) is 21.2. The Hall–Kier alpha value is -3.49. The number of nitrogens with one attached hydrogen (secondary N) is 1. The van der Waals surface area contributed by atoms with E-state index < -0.39 is 30.0 Å². The van der Waals surface area contributed by atoms with Crippen LogP contribution < -0.4 is 14.8 Å². The number of pyridine rings is 1. The third kappa shape index (κ3) is 7.00. The van der Waals surface area contributed by atoms with Crippen molar-refractivity contribution in [3.8, 4) is 11.5 Å². The highest BCUT2D eigenvalue weighted by Gasteiger charge is 2.31. The number of amides is 1. The first kappa shape index (κ1) is 27.8. The number of hydrogen-bond acceptors (Lipinski definition) is 7. The van der Waals surface area contributed by atoms with Gasteiger partial charge in [-0.05, 0) is 49.9 Å². The van der Waals surface area contributed by atoms with Crippen molar-refractivity contribution in [1.82, 2.24) is 10.3 Å². The summed E-state index contributed by atoms with van der Waals surface area (Å²) in [5.41, 5.74) is 1.48. The van der Waals surface area contributed by atoms with Gasteiger partial charge < -0.3 is 19.5 Å². The van der Waals surface area contributed by atoms with E-state index in [1.54, 1.807) is 13.0 Å².